The molecule has 0 fully saturated rings. The second-order valence-electron chi connectivity index (χ2n) is 6.10. The number of aliphatic hydroxyl groups is 1. The lowest BCUT2D eigenvalue weighted by Gasteiger charge is -2.16. The number of halogens is 1. The summed E-state index contributed by atoms with van der Waals surface area (Å²) in [6, 6.07) is 8.96. The molecular formula is C18H20BrN3O3. The van der Waals surface area contributed by atoms with Crippen LogP contribution in [0, 0.1) is 13.8 Å². The standard InChI is InChI=1S/C18H20BrN3O3/c1-11-8-16(24)22(18-17(11)12(2)20-21(18)3)9-14(23)10-25-15-6-4-13(19)5-7-15/h4-8,14,23H,9-10H2,1-3H3/t14-/m1/s1. The Morgan fingerprint density at radius 3 is 2.64 bits per heavy atom. The van der Waals surface area contributed by atoms with Crippen LogP contribution in [0.2, 0.25) is 0 Å². The van der Waals surface area contributed by atoms with Crippen molar-refractivity contribution in [3.8, 4) is 5.75 Å². The average Bonchev–Trinajstić information content (AvgIpc) is 2.85. The molecule has 2 heterocycles. The molecule has 0 amide bonds. The van der Waals surface area contributed by atoms with E-state index in [0.29, 0.717) is 11.4 Å². The summed E-state index contributed by atoms with van der Waals surface area (Å²) in [5.74, 6) is 0.667. The van der Waals surface area contributed by atoms with Gasteiger partial charge in [0.25, 0.3) is 5.56 Å². The first-order valence-corrected chi connectivity index (χ1v) is 8.76. The van der Waals surface area contributed by atoms with Crippen LogP contribution in [0.3, 0.4) is 0 Å². The van der Waals surface area contributed by atoms with Gasteiger partial charge in [0.15, 0.2) is 0 Å². The SMILES string of the molecule is Cc1cc(=O)n(C[C@@H](O)COc2ccc(Br)cc2)c2c1c(C)nn2C. The quantitative estimate of drug-likeness (QED) is 0.707. The highest BCUT2D eigenvalue weighted by Gasteiger charge is 2.16. The van der Waals surface area contributed by atoms with Crippen molar-refractivity contribution in [1.29, 1.82) is 0 Å². The van der Waals surface area contributed by atoms with E-state index in [1.807, 2.05) is 38.1 Å². The van der Waals surface area contributed by atoms with Crippen LogP contribution in [-0.4, -0.2) is 32.2 Å². The fourth-order valence-corrected chi connectivity index (χ4v) is 3.28. The Morgan fingerprint density at radius 2 is 1.96 bits per heavy atom. The molecule has 132 valence electrons. The molecule has 0 radical (unpaired) electrons. The maximum absolute atomic E-state index is 12.4. The van der Waals surface area contributed by atoms with E-state index >= 15 is 0 Å². The summed E-state index contributed by atoms with van der Waals surface area (Å²) in [6.45, 7) is 4.05. The first kappa shape index (κ1) is 17.7. The fourth-order valence-electron chi connectivity index (χ4n) is 3.02. The van der Waals surface area contributed by atoms with Crippen LogP contribution in [-0.2, 0) is 13.6 Å². The predicted molar refractivity (Wildman–Crippen MR) is 100 cm³/mol. The molecule has 0 saturated heterocycles. The van der Waals surface area contributed by atoms with Crippen molar-refractivity contribution in [2.75, 3.05) is 6.61 Å². The first-order valence-electron chi connectivity index (χ1n) is 7.97. The largest absolute Gasteiger partial charge is 0.491 e. The third-order valence-electron chi connectivity index (χ3n) is 4.10. The molecule has 0 aliphatic carbocycles. The van der Waals surface area contributed by atoms with Crippen molar-refractivity contribution >= 4 is 27.0 Å². The predicted octanol–water partition coefficient (Wildman–Crippen LogP) is 2.55. The molecule has 0 aliphatic heterocycles. The molecule has 2 aromatic heterocycles. The summed E-state index contributed by atoms with van der Waals surface area (Å²) < 4.78 is 9.79. The molecule has 0 saturated carbocycles. The molecule has 1 N–H and O–H groups in total. The summed E-state index contributed by atoms with van der Waals surface area (Å²) in [7, 11) is 1.80. The number of aromatic nitrogens is 3. The fraction of sp³-hybridized carbons (Fsp3) is 0.333. The number of fused-ring (bicyclic) bond motifs is 1. The van der Waals surface area contributed by atoms with Gasteiger partial charge in [-0.1, -0.05) is 15.9 Å². The molecule has 25 heavy (non-hydrogen) atoms. The van der Waals surface area contributed by atoms with Crippen molar-refractivity contribution in [2.45, 2.75) is 26.5 Å². The van der Waals surface area contributed by atoms with E-state index in [-0.39, 0.29) is 18.7 Å². The van der Waals surface area contributed by atoms with Gasteiger partial charge in [-0.3, -0.25) is 14.0 Å². The van der Waals surface area contributed by atoms with E-state index < -0.39 is 6.10 Å². The molecule has 0 unspecified atom stereocenters. The maximum Gasteiger partial charge on any atom is 0.252 e. The molecule has 1 aromatic carbocycles. The Balaban J connectivity index is 1.82. The van der Waals surface area contributed by atoms with Crippen LogP contribution in [0.5, 0.6) is 5.75 Å². The van der Waals surface area contributed by atoms with Crippen LogP contribution >= 0.6 is 15.9 Å². The minimum atomic E-state index is -0.817. The maximum atomic E-state index is 12.4. The van der Waals surface area contributed by atoms with Gasteiger partial charge in [0.2, 0.25) is 0 Å². The van der Waals surface area contributed by atoms with Crippen molar-refractivity contribution in [3.05, 3.63) is 56.4 Å². The number of aryl methyl sites for hydroxylation is 3. The second kappa shape index (κ2) is 7.01. The number of aliphatic hydroxyl groups excluding tert-OH is 1. The van der Waals surface area contributed by atoms with E-state index in [1.165, 1.54) is 0 Å². The first-order chi connectivity index (χ1) is 11.9. The number of hydrogen-bond acceptors (Lipinski definition) is 4. The van der Waals surface area contributed by atoms with Gasteiger partial charge in [-0.2, -0.15) is 5.10 Å². The molecular weight excluding hydrogens is 386 g/mol. The number of hydrogen-bond donors (Lipinski definition) is 1. The molecule has 0 aliphatic rings. The Hall–Kier alpha value is -2.12. The monoisotopic (exact) mass is 405 g/mol. The van der Waals surface area contributed by atoms with E-state index in [9.17, 15) is 9.90 Å². The lowest BCUT2D eigenvalue weighted by Crippen LogP contribution is -2.31. The summed E-state index contributed by atoms with van der Waals surface area (Å²) in [4.78, 5) is 12.4. The van der Waals surface area contributed by atoms with Gasteiger partial charge in [0.1, 0.15) is 24.1 Å². The van der Waals surface area contributed by atoms with Crippen LogP contribution < -0.4 is 10.3 Å². The number of benzene rings is 1. The second-order valence-corrected chi connectivity index (χ2v) is 7.02. The summed E-state index contributed by atoms with van der Waals surface area (Å²) in [5, 5.41) is 15.7. The third kappa shape index (κ3) is 3.62. The highest BCUT2D eigenvalue weighted by atomic mass is 79.9. The summed E-state index contributed by atoms with van der Waals surface area (Å²) in [5.41, 5.74) is 2.31. The number of ether oxygens (including phenoxy) is 1. The molecule has 0 spiro atoms. The molecule has 1 atom stereocenters. The number of rotatable bonds is 5. The zero-order valence-corrected chi connectivity index (χ0v) is 15.9. The molecule has 0 bridgehead atoms. The Labute approximate surface area is 153 Å². The zero-order chi connectivity index (χ0) is 18.1. The lowest BCUT2D eigenvalue weighted by molar-refractivity contribution is 0.0924. The lowest BCUT2D eigenvalue weighted by atomic mass is 10.1. The molecule has 6 nitrogen and oxygen atoms in total. The summed E-state index contributed by atoms with van der Waals surface area (Å²) >= 11 is 3.36. The van der Waals surface area contributed by atoms with Crippen LogP contribution in [0.15, 0.2) is 39.6 Å². The summed E-state index contributed by atoms with van der Waals surface area (Å²) in [6.07, 6.45) is -0.817. The van der Waals surface area contributed by atoms with Crippen molar-refractivity contribution in [3.63, 3.8) is 0 Å². The number of pyridine rings is 1. The van der Waals surface area contributed by atoms with Gasteiger partial charge in [-0.05, 0) is 43.7 Å². The highest BCUT2D eigenvalue weighted by molar-refractivity contribution is 9.10. The normalized spacial score (nSPS) is 12.5. The van der Waals surface area contributed by atoms with Crippen LogP contribution in [0.25, 0.3) is 11.0 Å². The van der Waals surface area contributed by atoms with Crippen molar-refractivity contribution in [2.24, 2.45) is 7.05 Å². The topological polar surface area (TPSA) is 69.3 Å². The Morgan fingerprint density at radius 1 is 1.28 bits per heavy atom. The van der Waals surface area contributed by atoms with Gasteiger partial charge < -0.3 is 9.84 Å². The zero-order valence-electron chi connectivity index (χ0n) is 14.4. The average molecular weight is 406 g/mol. The van der Waals surface area contributed by atoms with Crippen LogP contribution in [0.4, 0.5) is 0 Å². The Bertz CT molecular complexity index is 960. The highest BCUT2D eigenvalue weighted by Crippen LogP contribution is 2.20. The van der Waals surface area contributed by atoms with Crippen LogP contribution in [0.1, 0.15) is 11.3 Å². The van der Waals surface area contributed by atoms with E-state index in [0.717, 1.165) is 21.1 Å². The van der Waals surface area contributed by atoms with Gasteiger partial charge in [0.05, 0.1) is 12.2 Å². The molecule has 3 rings (SSSR count). The van der Waals surface area contributed by atoms with E-state index in [4.69, 9.17) is 4.74 Å². The Kier molecular flexibility index (Phi) is 4.96. The third-order valence-corrected chi connectivity index (χ3v) is 4.63. The van der Waals surface area contributed by atoms with Gasteiger partial charge in [0, 0.05) is 23.0 Å². The smallest absolute Gasteiger partial charge is 0.252 e. The molecule has 7 heteroatoms. The van der Waals surface area contributed by atoms with Crippen molar-refractivity contribution in [1.82, 2.24) is 14.3 Å². The molecule has 3 aromatic rings. The van der Waals surface area contributed by atoms with Gasteiger partial charge in [-0.25, -0.2) is 0 Å². The minimum Gasteiger partial charge on any atom is -0.491 e. The van der Waals surface area contributed by atoms with Gasteiger partial charge in [-0.15, -0.1) is 0 Å². The van der Waals surface area contributed by atoms with Crippen molar-refractivity contribution < 1.29 is 9.84 Å². The van der Waals surface area contributed by atoms with E-state index in [2.05, 4.69) is 21.0 Å². The van der Waals surface area contributed by atoms with Gasteiger partial charge >= 0.3 is 0 Å². The number of nitrogens with zero attached hydrogens (tertiary/aromatic N) is 3. The minimum absolute atomic E-state index is 0.0975. The van der Waals surface area contributed by atoms with E-state index in [1.54, 1.807) is 22.4 Å².